The molecule has 9 heteroatoms. The second kappa shape index (κ2) is 9.64. The quantitative estimate of drug-likeness (QED) is 0.488. The van der Waals surface area contributed by atoms with E-state index in [1.807, 2.05) is 30.3 Å². The van der Waals surface area contributed by atoms with Crippen LogP contribution in [0, 0.1) is 5.82 Å². The van der Waals surface area contributed by atoms with Gasteiger partial charge in [-0.2, -0.15) is 13.2 Å². The molecule has 176 valence electrons. The summed E-state index contributed by atoms with van der Waals surface area (Å²) in [6, 6.07) is 17.0. The van der Waals surface area contributed by atoms with Crippen LogP contribution >= 0.6 is 0 Å². The number of carbonyl (C=O) groups excluding carboxylic acids is 2. The third-order valence-corrected chi connectivity index (χ3v) is 5.57. The Hall–Kier alpha value is -3.72. The number of rotatable bonds is 5. The summed E-state index contributed by atoms with van der Waals surface area (Å²) in [5, 5.41) is 8.68. The molecule has 3 aromatic rings. The second-order valence-corrected chi connectivity index (χ2v) is 7.95. The molecule has 3 N–H and O–H groups in total. The summed E-state index contributed by atoms with van der Waals surface area (Å²) in [5.41, 5.74) is 0.810. The molecule has 0 radical (unpaired) electrons. The van der Waals surface area contributed by atoms with Crippen molar-refractivity contribution in [2.45, 2.75) is 30.8 Å². The summed E-state index contributed by atoms with van der Waals surface area (Å²) in [7, 11) is 0. The fourth-order valence-electron chi connectivity index (χ4n) is 3.82. The highest BCUT2D eigenvalue weighted by molar-refractivity contribution is 5.90. The predicted molar refractivity (Wildman–Crippen MR) is 117 cm³/mol. The molecule has 0 aliphatic carbocycles. The fourth-order valence-corrected chi connectivity index (χ4v) is 3.82. The molecule has 0 spiro atoms. The number of nitrogens with one attached hydrogen (secondary N) is 3. The molecule has 5 nitrogen and oxygen atoms in total. The zero-order valence-corrected chi connectivity index (χ0v) is 17.8. The Morgan fingerprint density at radius 2 is 1.50 bits per heavy atom. The van der Waals surface area contributed by atoms with Crippen molar-refractivity contribution in [3.63, 3.8) is 0 Å². The van der Waals surface area contributed by atoms with E-state index in [0.29, 0.717) is 11.1 Å². The van der Waals surface area contributed by atoms with Gasteiger partial charge in [-0.15, -0.1) is 0 Å². The van der Waals surface area contributed by atoms with Crippen LogP contribution in [0.1, 0.15) is 40.9 Å². The average Bonchev–Trinajstić information content (AvgIpc) is 2.83. The van der Waals surface area contributed by atoms with E-state index in [2.05, 4.69) is 16.0 Å². The summed E-state index contributed by atoms with van der Waals surface area (Å²) in [6.07, 6.45) is -5.19. The predicted octanol–water partition coefficient (Wildman–Crippen LogP) is 4.23. The summed E-state index contributed by atoms with van der Waals surface area (Å²) in [6.45, 7) is 0. The van der Waals surface area contributed by atoms with Crippen LogP contribution in [0.25, 0.3) is 0 Å². The van der Waals surface area contributed by atoms with Crippen LogP contribution in [0.3, 0.4) is 0 Å². The Morgan fingerprint density at radius 3 is 2.09 bits per heavy atom. The Labute approximate surface area is 193 Å². The van der Waals surface area contributed by atoms with Crippen LogP contribution in [0.4, 0.5) is 17.6 Å². The monoisotopic (exact) mass is 471 g/mol. The van der Waals surface area contributed by atoms with Crippen molar-refractivity contribution >= 4 is 11.8 Å². The van der Waals surface area contributed by atoms with Gasteiger partial charge in [-0.1, -0.05) is 54.6 Å². The van der Waals surface area contributed by atoms with Gasteiger partial charge in [-0.05, 0) is 41.0 Å². The molecule has 3 atom stereocenters. The van der Waals surface area contributed by atoms with Crippen LogP contribution in [0.2, 0.25) is 0 Å². The normalized spacial score (nSPS) is 19.2. The first kappa shape index (κ1) is 23.4. The minimum atomic E-state index is -4.50. The minimum Gasteiger partial charge on any atom is -0.344 e. The first-order chi connectivity index (χ1) is 16.2. The van der Waals surface area contributed by atoms with Crippen molar-refractivity contribution in [2.24, 2.45) is 0 Å². The third-order valence-electron chi connectivity index (χ3n) is 5.57. The van der Waals surface area contributed by atoms with Crippen LogP contribution in [-0.2, 0) is 15.8 Å². The maximum atomic E-state index is 13.5. The zero-order valence-electron chi connectivity index (χ0n) is 17.8. The topological polar surface area (TPSA) is 70.2 Å². The lowest BCUT2D eigenvalue weighted by Crippen LogP contribution is -2.56. The smallest absolute Gasteiger partial charge is 0.344 e. The first-order valence-electron chi connectivity index (χ1n) is 10.5. The molecule has 1 aliphatic rings. The van der Waals surface area contributed by atoms with Crippen molar-refractivity contribution in [1.29, 1.82) is 0 Å². The zero-order chi connectivity index (χ0) is 24.3. The molecule has 1 heterocycles. The van der Waals surface area contributed by atoms with E-state index in [9.17, 15) is 27.2 Å². The Bertz CT molecular complexity index is 1150. The number of hydrogen-bond donors (Lipinski definition) is 3. The van der Waals surface area contributed by atoms with Crippen LogP contribution in [0.15, 0.2) is 78.9 Å². The van der Waals surface area contributed by atoms with Gasteiger partial charge in [0.2, 0.25) is 11.8 Å². The largest absolute Gasteiger partial charge is 0.416 e. The summed E-state index contributed by atoms with van der Waals surface area (Å²) in [4.78, 5) is 25.4. The van der Waals surface area contributed by atoms with Crippen LogP contribution in [0.5, 0.6) is 0 Å². The standard InChI is InChI=1S/C25H21F4N3O2/c26-19-12-8-16(9-13-19)22(15-6-10-18(11-7-15)25(27,28)29)32-24(34)20-14-21(33)31-23(30-20)17-4-2-1-3-5-17/h1-13,20,22-23,30H,14H2,(H,31,33)(H,32,34). The van der Waals surface area contributed by atoms with Gasteiger partial charge in [0, 0.05) is 0 Å². The highest BCUT2D eigenvalue weighted by atomic mass is 19.4. The van der Waals surface area contributed by atoms with Crippen LogP contribution < -0.4 is 16.0 Å². The lowest BCUT2D eigenvalue weighted by Gasteiger charge is -2.32. The van der Waals surface area contributed by atoms with Crippen molar-refractivity contribution in [3.05, 3.63) is 107 Å². The molecule has 1 fully saturated rings. The van der Waals surface area contributed by atoms with E-state index in [4.69, 9.17) is 0 Å². The highest BCUT2D eigenvalue weighted by Crippen LogP contribution is 2.31. The molecular formula is C25H21F4N3O2. The van der Waals surface area contributed by atoms with Crippen molar-refractivity contribution in [3.8, 4) is 0 Å². The Balaban J connectivity index is 1.59. The maximum Gasteiger partial charge on any atom is 0.416 e. The van der Waals surface area contributed by atoms with Crippen molar-refractivity contribution in [1.82, 2.24) is 16.0 Å². The van der Waals surface area contributed by atoms with E-state index < -0.39 is 41.7 Å². The number of amides is 2. The molecule has 2 amide bonds. The lowest BCUT2D eigenvalue weighted by atomic mass is 9.96. The van der Waals surface area contributed by atoms with Gasteiger partial charge in [0.25, 0.3) is 0 Å². The van der Waals surface area contributed by atoms with Crippen LogP contribution in [-0.4, -0.2) is 17.9 Å². The van der Waals surface area contributed by atoms with Gasteiger partial charge in [0.05, 0.1) is 24.1 Å². The van der Waals surface area contributed by atoms with E-state index in [1.54, 1.807) is 0 Å². The van der Waals surface area contributed by atoms with Crippen molar-refractivity contribution in [2.75, 3.05) is 0 Å². The molecule has 1 aliphatic heterocycles. The molecule has 0 saturated carbocycles. The SMILES string of the molecule is O=C1CC(C(=O)NC(c2ccc(F)cc2)c2ccc(C(F)(F)F)cc2)NC(c2ccccc2)N1. The maximum absolute atomic E-state index is 13.5. The summed E-state index contributed by atoms with van der Waals surface area (Å²) in [5.74, 6) is -1.32. The van der Waals surface area contributed by atoms with Gasteiger partial charge in [0.1, 0.15) is 12.0 Å². The first-order valence-corrected chi connectivity index (χ1v) is 10.5. The summed E-state index contributed by atoms with van der Waals surface area (Å²) < 4.78 is 52.5. The molecule has 0 bridgehead atoms. The van der Waals surface area contributed by atoms with Gasteiger partial charge < -0.3 is 10.6 Å². The molecular weight excluding hydrogens is 450 g/mol. The fraction of sp³-hybridized carbons (Fsp3) is 0.200. The number of hydrogen-bond acceptors (Lipinski definition) is 3. The van der Waals surface area contributed by atoms with E-state index in [1.165, 1.54) is 36.4 Å². The van der Waals surface area contributed by atoms with Gasteiger partial charge in [-0.3, -0.25) is 14.9 Å². The number of alkyl halides is 3. The number of benzene rings is 3. The van der Waals surface area contributed by atoms with E-state index >= 15 is 0 Å². The average molecular weight is 471 g/mol. The highest BCUT2D eigenvalue weighted by Gasteiger charge is 2.33. The van der Waals surface area contributed by atoms with Gasteiger partial charge in [-0.25, -0.2) is 4.39 Å². The molecule has 4 rings (SSSR count). The molecule has 0 aromatic heterocycles. The summed E-state index contributed by atoms with van der Waals surface area (Å²) >= 11 is 0. The molecule has 1 saturated heterocycles. The molecule has 3 unspecified atom stereocenters. The molecule has 34 heavy (non-hydrogen) atoms. The molecule has 3 aromatic carbocycles. The van der Waals surface area contributed by atoms with E-state index in [0.717, 1.165) is 17.7 Å². The number of halogens is 4. The van der Waals surface area contributed by atoms with Crippen molar-refractivity contribution < 1.29 is 27.2 Å². The van der Waals surface area contributed by atoms with Gasteiger partial charge in [0.15, 0.2) is 0 Å². The Kier molecular flexibility index (Phi) is 6.65. The number of carbonyl (C=O) groups is 2. The third kappa shape index (κ3) is 5.43. The Morgan fingerprint density at radius 1 is 0.912 bits per heavy atom. The van der Waals surface area contributed by atoms with E-state index in [-0.39, 0.29) is 12.3 Å². The lowest BCUT2D eigenvalue weighted by molar-refractivity contribution is -0.137. The second-order valence-electron chi connectivity index (χ2n) is 7.95. The minimum absolute atomic E-state index is 0.113. The van der Waals surface area contributed by atoms with Gasteiger partial charge >= 0.3 is 6.18 Å².